The lowest BCUT2D eigenvalue weighted by molar-refractivity contribution is 0.415. The number of ether oxygens (including phenoxy) is 1. The summed E-state index contributed by atoms with van der Waals surface area (Å²) in [5.74, 6) is 0.887. The fraction of sp³-hybridized carbons (Fsp3) is 0.200. The number of benzene rings is 2. The van der Waals surface area contributed by atoms with Crippen molar-refractivity contribution in [2.75, 3.05) is 18.6 Å². The van der Waals surface area contributed by atoms with Gasteiger partial charge in [-0.05, 0) is 43.3 Å². The van der Waals surface area contributed by atoms with Crippen LogP contribution in [0.3, 0.4) is 0 Å². The zero-order valence-corrected chi connectivity index (χ0v) is 10.3. The number of hydrogen-bond acceptors (Lipinski definition) is 2. The van der Waals surface area contributed by atoms with Crippen LogP contribution in [0.5, 0.6) is 5.75 Å². The first-order chi connectivity index (χ1) is 8.35. The van der Waals surface area contributed by atoms with E-state index in [2.05, 4.69) is 48.2 Å². The topological polar surface area (TPSA) is 12.5 Å². The molecule has 0 N–H and O–H groups in total. The molecule has 0 bridgehead atoms. The van der Waals surface area contributed by atoms with Crippen LogP contribution < -0.4 is 9.64 Å². The molecule has 0 atom stereocenters. The van der Waals surface area contributed by atoms with Gasteiger partial charge in [0.2, 0.25) is 0 Å². The van der Waals surface area contributed by atoms with Gasteiger partial charge in [-0.2, -0.15) is 0 Å². The van der Waals surface area contributed by atoms with Gasteiger partial charge in [-0.15, -0.1) is 0 Å². The summed E-state index contributed by atoms with van der Waals surface area (Å²) in [6.45, 7) is 3.09. The van der Waals surface area contributed by atoms with Gasteiger partial charge in [0, 0.05) is 17.9 Å². The van der Waals surface area contributed by atoms with Gasteiger partial charge in [0.15, 0.2) is 0 Å². The molecule has 2 rings (SSSR count). The van der Waals surface area contributed by atoms with Crippen molar-refractivity contribution in [3.63, 3.8) is 0 Å². The minimum absolute atomic E-state index is 0.887. The van der Waals surface area contributed by atoms with E-state index in [1.54, 1.807) is 7.11 Å². The van der Waals surface area contributed by atoms with Gasteiger partial charge in [0.25, 0.3) is 0 Å². The normalized spacial score (nSPS) is 10.0. The molecule has 0 aromatic heterocycles. The highest BCUT2D eigenvalue weighted by atomic mass is 16.5. The third-order valence-electron chi connectivity index (χ3n) is 2.77. The number of hydrogen-bond donors (Lipinski definition) is 0. The Morgan fingerprint density at radius 3 is 2.00 bits per heavy atom. The summed E-state index contributed by atoms with van der Waals surface area (Å²) in [6.07, 6.45) is 0. The van der Waals surface area contributed by atoms with Crippen molar-refractivity contribution in [1.29, 1.82) is 0 Å². The van der Waals surface area contributed by atoms with Crippen LogP contribution in [0.15, 0.2) is 54.6 Å². The molecule has 0 aliphatic rings. The Morgan fingerprint density at radius 1 is 0.882 bits per heavy atom. The highest BCUT2D eigenvalue weighted by Gasteiger charge is 2.06. The predicted molar refractivity (Wildman–Crippen MR) is 72.1 cm³/mol. The molecule has 2 aromatic carbocycles. The average Bonchev–Trinajstić information content (AvgIpc) is 2.42. The van der Waals surface area contributed by atoms with Gasteiger partial charge in [0.1, 0.15) is 5.75 Å². The molecular weight excluding hydrogens is 210 g/mol. The predicted octanol–water partition coefficient (Wildman–Crippen LogP) is 3.85. The molecule has 2 nitrogen and oxygen atoms in total. The highest BCUT2D eigenvalue weighted by Crippen LogP contribution is 2.26. The van der Waals surface area contributed by atoms with Crippen molar-refractivity contribution in [3.8, 4) is 5.75 Å². The van der Waals surface area contributed by atoms with Gasteiger partial charge in [0.05, 0.1) is 7.11 Å². The fourth-order valence-electron chi connectivity index (χ4n) is 1.88. The zero-order chi connectivity index (χ0) is 12.1. The molecule has 0 heterocycles. The van der Waals surface area contributed by atoms with E-state index < -0.39 is 0 Å². The fourth-order valence-corrected chi connectivity index (χ4v) is 1.88. The quantitative estimate of drug-likeness (QED) is 0.786. The summed E-state index contributed by atoms with van der Waals surface area (Å²) >= 11 is 0. The molecule has 0 radical (unpaired) electrons. The smallest absolute Gasteiger partial charge is 0.119 e. The number of anilines is 2. The molecule has 2 aromatic rings. The van der Waals surface area contributed by atoms with Crippen LogP contribution in [0.4, 0.5) is 11.4 Å². The largest absolute Gasteiger partial charge is 0.497 e. The van der Waals surface area contributed by atoms with Crippen LogP contribution in [0.25, 0.3) is 0 Å². The van der Waals surface area contributed by atoms with E-state index in [0.717, 1.165) is 12.3 Å². The first kappa shape index (κ1) is 11.5. The van der Waals surface area contributed by atoms with Crippen LogP contribution in [0, 0.1) is 0 Å². The van der Waals surface area contributed by atoms with Crippen LogP contribution in [0.2, 0.25) is 0 Å². The summed E-state index contributed by atoms with van der Waals surface area (Å²) in [5, 5.41) is 0. The summed E-state index contributed by atoms with van der Waals surface area (Å²) < 4.78 is 5.17. The molecule has 88 valence electrons. The standard InChI is InChI=1S/C15H17NO/c1-3-16(13-7-5-4-6-8-13)14-9-11-15(17-2)12-10-14/h4-12H,3H2,1-2H3. The molecule has 0 fully saturated rings. The first-order valence-corrected chi connectivity index (χ1v) is 5.81. The van der Waals surface area contributed by atoms with Gasteiger partial charge in [-0.3, -0.25) is 0 Å². The number of para-hydroxylation sites is 1. The summed E-state index contributed by atoms with van der Waals surface area (Å²) in [4.78, 5) is 2.26. The van der Waals surface area contributed by atoms with Gasteiger partial charge < -0.3 is 9.64 Å². The molecule has 0 amide bonds. The molecule has 17 heavy (non-hydrogen) atoms. The zero-order valence-electron chi connectivity index (χ0n) is 10.3. The maximum Gasteiger partial charge on any atom is 0.119 e. The maximum atomic E-state index is 5.17. The van der Waals surface area contributed by atoms with E-state index in [0.29, 0.717) is 0 Å². The monoisotopic (exact) mass is 227 g/mol. The Hall–Kier alpha value is -1.96. The third-order valence-corrected chi connectivity index (χ3v) is 2.77. The van der Waals surface area contributed by atoms with Gasteiger partial charge >= 0.3 is 0 Å². The number of methoxy groups -OCH3 is 1. The molecule has 0 spiro atoms. The molecule has 0 aliphatic heterocycles. The molecule has 2 heteroatoms. The van der Waals surface area contributed by atoms with Crippen molar-refractivity contribution < 1.29 is 4.74 Å². The van der Waals surface area contributed by atoms with Crippen LogP contribution >= 0.6 is 0 Å². The highest BCUT2D eigenvalue weighted by molar-refractivity contribution is 5.63. The van der Waals surface area contributed by atoms with Gasteiger partial charge in [-0.1, -0.05) is 18.2 Å². The lowest BCUT2D eigenvalue weighted by Crippen LogP contribution is -2.15. The first-order valence-electron chi connectivity index (χ1n) is 5.81. The van der Waals surface area contributed by atoms with E-state index >= 15 is 0 Å². The van der Waals surface area contributed by atoms with E-state index in [1.165, 1.54) is 11.4 Å². The molecule has 0 saturated heterocycles. The SMILES string of the molecule is CCN(c1ccccc1)c1ccc(OC)cc1. The van der Waals surface area contributed by atoms with Crippen molar-refractivity contribution in [2.45, 2.75) is 6.92 Å². The van der Waals surface area contributed by atoms with Crippen molar-refractivity contribution in [3.05, 3.63) is 54.6 Å². The lowest BCUT2D eigenvalue weighted by Gasteiger charge is -2.23. The number of nitrogens with zero attached hydrogens (tertiary/aromatic N) is 1. The Kier molecular flexibility index (Phi) is 3.66. The molecular formula is C15H17NO. The maximum absolute atomic E-state index is 5.17. The second-order valence-corrected chi connectivity index (χ2v) is 3.78. The van der Waals surface area contributed by atoms with Crippen molar-refractivity contribution >= 4 is 11.4 Å². The summed E-state index contributed by atoms with van der Waals surface area (Å²) in [7, 11) is 1.68. The lowest BCUT2D eigenvalue weighted by atomic mass is 10.2. The second-order valence-electron chi connectivity index (χ2n) is 3.78. The van der Waals surface area contributed by atoms with Crippen LogP contribution in [-0.4, -0.2) is 13.7 Å². The van der Waals surface area contributed by atoms with Crippen molar-refractivity contribution in [2.24, 2.45) is 0 Å². The minimum Gasteiger partial charge on any atom is -0.497 e. The molecule has 0 aliphatic carbocycles. The third kappa shape index (κ3) is 2.59. The Bertz CT molecular complexity index is 450. The number of rotatable bonds is 4. The second kappa shape index (κ2) is 5.39. The van der Waals surface area contributed by atoms with Crippen LogP contribution in [-0.2, 0) is 0 Å². The Labute approximate surface area is 102 Å². The van der Waals surface area contributed by atoms with Gasteiger partial charge in [-0.25, -0.2) is 0 Å². The van der Waals surface area contributed by atoms with E-state index in [9.17, 15) is 0 Å². The summed E-state index contributed by atoms with van der Waals surface area (Å²) in [5.41, 5.74) is 2.39. The molecule has 0 saturated carbocycles. The average molecular weight is 227 g/mol. The molecule has 0 unspecified atom stereocenters. The minimum atomic E-state index is 0.887. The Balaban J connectivity index is 2.29. The Morgan fingerprint density at radius 2 is 1.47 bits per heavy atom. The summed E-state index contributed by atoms with van der Waals surface area (Å²) in [6, 6.07) is 18.5. The van der Waals surface area contributed by atoms with E-state index in [1.807, 2.05) is 18.2 Å². The van der Waals surface area contributed by atoms with E-state index in [-0.39, 0.29) is 0 Å². The van der Waals surface area contributed by atoms with Crippen LogP contribution in [0.1, 0.15) is 6.92 Å². The van der Waals surface area contributed by atoms with E-state index in [4.69, 9.17) is 4.74 Å². The van der Waals surface area contributed by atoms with Crippen molar-refractivity contribution in [1.82, 2.24) is 0 Å².